The minimum absolute atomic E-state index is 0.0804. The fraction of sp³-hybridized carbons (Fsp3) is 0.429. The summed E-state index contributed by atoms with van der Waals surface area (Å²) in [4.78, 5) is 4.28. The highest BCUT2D eigenvalue weighted by molar-refractivity contribution is 5.40. The van der Waals surface area contributed by atoms with Gasteiger partial charge in [0.25, 0.3) is 0 Å². The van der Waals surface area contributed by atoms with Crippen LogP contribution in [0.2, 0.25) is 0 Å². The highest BCUT2D eigenvalue weighted by Gasteiger charge is 2.18. The first-order valence-electron chi connectivity index (χ1n) is 6.29. The first-order valence-corrected chi connectivity index (χ1v) is 6.29. The molecule has 1 heterocycles. The molecule has 0 bridgehead atoms. The zero-order valence-electron chi connectivity index (χ0n) is 11.4. The summed E-state index contributed by atoms with van der Waals surface area (Å²) < 4.78 is 0. The van der Waals surface area contributed by atoms with Gasteiger partial charge < -0.3 is 5.32 Å². The Morgan fingerprint density at radius 3 is 2.50 bits per heavy atom. The minimum atomic E-state index is 0.0804. The zero-order valence-corrected chi connectivity index (χ0v) is 11.4. The smallest absolute Gasteiger partial charge is 0.145 e. The summed E-state index contributed by atoms with van der Waals surface area (Å²) in [6.45, 7) is 9.41. The third-order valence-electron chi connectivity index (χ3n) is 3.31. The van der Waals surface area contributed by atoms with Crippen LogP contribution in [0.3, 0.4) is 0 Å². The highest BCUT2D eigenvalue weighted by atomic mass is 15.2. The number of aromatic amines is 1. The summed E-state index contributed by atoms with van der Waals surface area (Å²) in [7, 11) is 0. The Balaban J connectivity index is 2.46. The lowest BCUT2D eigenvalue weighted by Gasteiger charge is -2.19. The number of H-pyrrole nitrogens is 1. The largest absolute Gasteiger partial charge is 0.304 e. The standard InChI is InChI=1S/C14H20N4/c1-5-15-13(14-16-8-17-18-14)12-7-10(3)9(2)6-11(12)4/h6-8,13,15H,5H2,1-4H3,(H,16,17,18). The average molecular weight is 244 g/mol. The molecule has 0 fully saturated rings. The van der Waals surface area contributed by atoms with E-state index >= 15 is 0 Å². The van der Waals surface area contributed by atoms with Gasteiger partial charge in [0.15, 0.2) is 0 Å². The molecule has 2 N–H and O–H groups in total. The van der Waals surface area contributed by atoms with Crippen LogP contribution >= 0.6 is 0 Å². The molecule has 0 radical (unpaired) electrons. The van der Waals surface area contributed by atoms with Crippen molar-refractivity contribution in [1.82, 2.24) is 20.5 Å². The van der Waals surface area contributed by atoms with Crippen LogP contribution in [-0.4, -0.2) is 21.7 Å². The number of nitrogens with one attached hydrogen (secondary N) is 2. The molecular formula is C14H20N4. The van der Waals surface area contributed by atoms with Gasteiger partial charge in [-0.15, -0.1) is 0 Å². The third kappa shape index (κ3) is 2.43. The van der Waals surface area contributed by atoms with Gasteiger partial charge in [-0.05, 0) is 49.6 Å². The molecule has 0 aliphatic rings. The fourth-order valence-electron chi connectivity index (χ4n) is 2.21. The van der Waals surface area contributed by atoms with Gasteiger partial charge in [-0.1, -0.05) is 19.1 Å². The van der Waals surface area contributed by atoms with Crippen molar-refractivity contribution in [1.29, 1.82) is 0 Å². The normalized spacial score (nSPS) is 12.7. The topological polar surface area (TPSA) is 53.6 Å². The summed E-state index contributed by atoms with van der Waals surface area (Å²) in [5.74, 6) is 0.864. The average Bonchev–Trinajstić information content (AvgIpc) is 2.85. The molecule has 0 saturated heterocycles. The molecule has 0 aliphatic heterocycles. The molecule has 0 spiro atoms. The van der Waals surface area contributed by atoms with Crippen molar-refractivity contribution in [3.63, 3.8) is 0 Å². The lowest BCUT2D eigenvalue weighted by atomic mass is 9.95. The van der Waals surface area contributed by atoms with E-state index in [0.717, 1.165) is 12.4 Å². The van der Waals surface area contributed by atoms with E-state index < -0.39 is 0 Å². The Kier molecular flexibility index (Phi) is 3.77. The van der Waals surface area contributed by atoms with Crippen LogP contribution in [0.1, 0.15) is 41.0 Å². The molecule has 4 heteroatoms. The predicted molar refractivity (Wildman–Crippen MR) is 72.6 cm³/mol. The molecule has 18 heavy (non-hydrogen) atoms. The van der Waals surface area contributed by atoms with E-state index in [4.69, 9.17) is 0 Å². The van der Waals surface area contributed by atoms with Crippen LogP contribution in [-0.2, 0) is 0 Å². The van der Waals surface area contributed by atoms with Crippen LogP contribution in [0.5, 0.6) is 0 Å². The van der Waals surface area contributed by atoms with Crippen molar-refractivity contribution in [3.05, 3.63) is 46.5 Å². The summed E-state index contributed by atoms with van der Waals surface area (Å²) in [5.41, 5.74) is 5.17. The van der Waals surface area contributed by atoms with E-state index in [1.807, 2.05) is 0 Å². The van der Waals surface area contributed by atoms with Crippen LogP contribution in [0.15, 0.2) is 18.5 Å². The quantitative estimate of drug-likeness (QED) is 0.868. The van der Waals surface area contributed by atoms with Crippen LogP contribution < -0.4 is 5.32 Å². The van der Waals surface area contributed by atoms with Crippen molar-refractivity contribution in [3.8, 4) is 0 Å². The van der Waals surface area contributed by atoms with Crippen molar-refractivity contribution >= 4 is 0 Å². The number of nitrogens with zero attached hydrogens (tertiary/aromatic N) is 2. The van der Waals surface area contributed by atoms with E-state index in [9.17, 15) is 0 Å². The zero-order chi connectivity index (χ0) is 13.1. The Bertz CT molecular complexity index is 517. The number of aryl methyl sites for hydroxylation is 3. The third-order valence-corrected chi connectivity index (χ3v) is 3.31. The van der Waals surface area contributed by atoms with Gasteiger partial charge in [0.1, 0.15) is 12.2 Å². The first kappa shape index (κ1) is 12.8. The number of hydrogen-bond donors (Lipinski definition) is 2. The lowest BCUT2D eigenvalue weighted by Crippen LogP contribution is -2.24. The monoisotopic (exact) mass is 244 g/mol. The second-order valence-corrected chi connectivity index (χ2v) is 4.65. The number of aromatic nitrogens is 3. The molecule has 0 amide bonds. The second-order valence-electron chi connectivity index (χ2n) is 4.65. The highest BCUT2D eigenvalue weighted by Crippen LogP contribution is 2.25. The van der Waals surface area contributed by atoms with E-state index in [-0.39, 0.29) is 6.04 Å². The van der Waals surface area contributed by atoms with Crippen molar-refractivity contribution in [2.75, 3.05) is 6.54 Å². The van der Waals surface area contributed by atoms with Crippen molar-refractivity contribution in [2.24, 2.45) is 0 Å². The summed E-state index contributed by atoms with van der Waals surface area (Å²) in [5, 5.41) is 10.4. The van der Waals surface area contributed by atoms with E-state index in [0.29, 0.717) is 0 Å². The molecular weight excluding hydrogens is 224 g/mol. The predicted octanol–water partition coefficient (Wildman–Crippen LogP) is 2.43. The fourth-order valence-corrected chi connectivity index (χ4v) is 2.21. The van der Waals surface area contributed by atoms with Gasteiger partial charge in [0, 0.05) is 0 Å². The molecule has 0 aliphatic carbocycles. The maximum Gasteiger partial charge on any atom is 0.145 e. The first-order chi connectivity index (χ1) is 8.63. The Morgan fingerprint density at radius 2 is 1.89 bits per heavy atom. The number of rotatable bonds is 4. The SMILES string of the molecule is CCNC(c1ncn[nH]1)c1cc(C)c(C)cc1C. The van der Waals surface area contributed by atoms with E-state index in [1.165, 1.54) is 22.3 Å². The van der Waals surface area contributed by atoms with Gasteiger partial charge >= 0.3 is 0 Å². The van der Waals surface area contributed by atoms with Gasteiger partial charge in [-0.3, -0.25) is 5.10 Å². The maximum absolute atomic E-state index is 4.28. The van der Waals surface area contributed by atoms with E-state index in [2.05, 4.69) is 60.3 Å². The van der Waals surface area contributed by atoms with Gasteiger partial charge in [0.05, 0.1) is 6.04 Å². The molecule has 2 aromatic rings. The van der Waals surface area contributed by atoms with Gasteiger partial charge in [-0.2, -0.15) is 5.10 Å². The van der Waals surface area contributed by atoms with Gasteiger partial charge in [-0.25, -0.2) is 4.98 Å². The Morgan fingerprint density at radius 1 is 1.17 bits per heavy atom. The van der Waals surface area contributed by atoms with Gasteiger partial charge in [0.2, 0.25) is 0 Å². The number of hydrogen-bond acceptors (Lipinski definition) is 3. The second kappa shape index (κ2) is 5.31. The molecule has 1 aromatic heterocycles. The van der Waals surface area contributed by atoms with Crippen molar-refractivity contribution < 1.29 is 0 Å². The molecule has 1 atom stereocenters. The molecule has 0 saturated carbocycles. The van der Waals surface area contributed by atoms with Crippen molar-refractivity contribution in [2.45, 2.75) is 33.7 Å². The van der Waals surface area contributed by atoms with Crippen LogP contribution in [0.25, 0.3) is 0 Å². The molecule has 1 unspecified atom stereocenters. The maximum atomic E-state index is 4.28. The molecule has 2 rings (SSSR count). The minimum Gasteiger partial charge on any atom is -0.304 e. The molecule has 1 aromatic carbocycles. The van der Waals surface area contributed by atoms with E-state index in [1.54, 1.807) is 6.33 Å². The molecule has 4 nitrogen and oxygen atoms in total. The summed E-state index contributed by atoms with van der Waals surface area (Å²) in [6, 6.07) is 4.54. The van der Waals surface area contributed by atoms with Crippen LogP contribution in [0, 0.1) is 20.8 Å². The lowest BCUT2D eigenvalue weighted by molar-refractivity contribution is 0.597. The summed E-state index contributed by atoms with van der Waals surface area (Å²) >= 11 is 0. The van der Waals surface area contributed by atoms with Crippen LogP contribution in [0.4, 0.5) is 0 Å². The Hall–Kier alpha value is -1.68. The Labute approximate surface area is 108 Å². The summed E-state index contributed by atoms with van der Waals surface area (Å²) in [6.07, 6.45) is 1.55. The molecule has 96 valence electrons. The number of benzene rings is 1.